The summed E-state index contributed by atoms with van der Waals surface area (Å²) in [6, 6.07) is 15.6. The van der Waals surface area contributed by atoms with Gasteiger partial charge in [0.25, 0.3) is 5.91 Å². The van der Waals surface area contributed by atoms with Gasteiger partial charge in [0.2, 0.25) is 0 Å². The van der Waals surface area contributed by atoms with E-state index in [4.69, 9.17) is 9.47 Å². The molecule has 0 aliphatic carbocycles. The maximum Gasteiger partial charge on any atom is 0.263 e. The van der Waals surface area contributed by atoms with E-state index in [9.17, 15) is 4.79 Å². The van der Waals surface area contributed by atoms with Crippen molar-refractivity contribution >= 4 is 5.91 Å². The van der Waals surface area contributed by atoms with E-state index in [1.165, 1.54) is 0 Å². The maximum atomic E-state index is 13.1. The van der Waals surface area contributed by atoms with Gasteiger partial charge in [-0.2, -0.15) is 0 Å². The van der Waals surface area contributed by atoms with Crippen molar-refractivity contribution < 1.29 is 14.3 Å². The van der Waals surface area contributed by atoms with Gasteiger partial charge < -0.3 is 19.7 Å². The van der Waals surface area contributed by atoms with Crippen molar-refractivity contribution in [3.63, 3.8) is 0 Å². The number of nitrogens with zero attached hydrogens (tertiary/aromatic N) is 1. The molecule has 1 aliphatic heterocycles. The molecule has 5 nitrogen and oxygen atoms in total. The molecule has 0 bridgehead atoms. The van der Waals surface area contributed by atoms with Crippen LogP contribution in [0.2, 0.25) is 0 Å². The van der Waals surface area contributed by atoms with E-state index < -0.39 is 6.10 Å². The molecular formula is C21H26N2O3. The molecule has 2 atom stereocenters. The average Bonchev–Trinajstić information content (AvgIpc) is 2.67. The van der Waals surface area contributed by atoms with Crippen LogP contribution in [0.5, 0.6) is 11.5 Å². The number of aryl methyl sites for hydroxylation is 1. The fraction of sp³-hybridized carbons (Fsp3) is 0.381. The van der Waals surface area contributed by atoms with Crippen molar-refractivity contribution in [1.82, 2.24) is 10.2 Å². The Morgan fingerprint density at radius 3 is 2.81 bits per heavy atom. The van der Waals surface area contributed by atoms with Crippen LogP contribution in [0, 0.1) is 6.92 Å². The molecule has 0 aromatic heterocycles. The quantitative estimate of drug-likeness (QED) is 0.897. The Labute approximate surface area is 154 Å². The first-order valence-electron chi connectivity index (χ1n) is 8.97. The number of ether oxygens (including phenoxy) is 2. The Morgan fingerprint density at radius 2 is 2.04 bits per heavy atom. The maximum absolute atomic E-state index is 13.1. The Hall–Kier alpha value is -2.53. The number of nitrogens with one attached hydrogen (secondary N) is 1. The van der Waals surface area contributed by atoms with Gasteiger partial charge in [-0.1, -0.05) is 30.3 Å². The highest BCUT2D eigenvalue weighted by Crippen LogP contribution is 2.31. The second kappa shape index (κ2) is 8.23. The Balaban J connectivity index is 1.79. The third-order valence-electron chi connectivity index (χ3n) is 4.67. The molecule has 2 unspecified atom stereocenters. The highest BCUT2D eigenvalue weighted by atomic mass is 16.5. The van der Waals surface area contributed by atoms with Gasteiger partial charge in [-0.15, -0.1) is 0 Å². The molecule has 26 heavy (non-hydrogen) atoms. The van der Waals surface area contributed by atoms with E-state index in [0.29, 0.717) is 13.1 Å². The number of para-hydroxylation sites is 1. The minimum absolute atomic E-state index is 0.0103. The van der Waals surface area contributed by atoms with Gasteiger partial charge in [0.15, 0.2) is 6.10 Å². The standard InChI is InChI=1S/C21H26N2O3/c1-15-7-6-8-17(13-15)26-16(2)21(24)23-12-11-22-14-19(23)18-9-4-5-10-20(18)25-3/h4-10,13,16,19,22H,11-12,14H2,1-3H3. The minimum atomic E-state index is -0.549. The van der Waals surface area contributed by atoms with E-state index in [0.717, 1.165) is 29.2 Å². The fourth-order valence-corrected chi connectivity index (χ4v) is 3.36. The average molecular weight is 354 g/mol. The summed E-state index contributed by atoms with van der Waals surface area (Å²) in [6.45, 7) is 5.93. The molecule has 1 aliphatic rings. The van der Waals surface area contributed by atoms with Crippen molar-refractivity contribution in [2.75, 3.05) is 26.7 Å². The summed E-state index contributed by atoms with van der Waals surface area (Å²) in [5.41, 5.74) is 2.12. The molecule has 1 saturated heterocycles. The van der Waals surface area contributed by atoms with E-state index in [1.807, 2.05) is 67.3 Å². The Morgan fingerprint density at radius 1 is 1.23 bits per heavy atom. The van der Waals surface area contributed by atoms with Gasteiger partial charge in [0.05, 0.1) is 13.2 Å². The lowest BCUT2D eigenvalue weighted by molar-refractivity contribution is -0.141. The molecule has 1 fully saturated rings. The molecule has 5 heteroatoms. The Bertz CT molecular complexity index is 762. The first-order valence-corrected chi connectivity index (χ1v) is 8.97. The van der Waals surface area contributed by atoms with Crippen LogP contribution < -0.4 is 14.8 Å². The lowest BCUT2D eigenvalue weighted by atomic mass is 10.0. The number of amides is 1. The van der Waals surface area contributed by atoms with Crippen molar-refractivity contribution in [1.29, 1.82) is 0 Å². The fourth-order valence-electron chi connectivity index (χ4n) is 3.36. The highest BCUT2D eigenvalue weighted by molar-refractivity contribution is 5.81. The molecule has 1 N–H and O–H groups in total. The lowest BCUT2D eigenvalue weighted by Crippen LogP contribution is -2.52. The summed E-state index contributed by atoms with van der Waals surface area (Å²) in [5, 5.41) is 3.38. The molecule has 0 radical (unpaired) electrons. The summed E-state index contributed by atoms with van der Waals surface area (Å²) in [4.78, 5) is 15.0. The number of hydrogen-bond acceptors (Lipinski definition) is 4. The minimum Gasteiger partial charge on any atom is -0.496 e. The number of rotatable bonds is 5. The van der Waals surface area contributed by atoms with E-state index >= 15 is 0 Å². The summed E-state index contributed by atoms with van der Waals surface area (Å²) >= 11 is 0. The number of benzene rings is 2. The monoisotopic (exact) mass is 354 g/mol. The smallest absolute Gasteiger partial charge is 0.263 e. The third-order valence-corrected chi connectivity index (χ3v) is 4.67. The number of carbonyl (C=O) groups is 1. The number of hydrogen-bond donors (Lipinski definition) is 1. The normalized spacial score (nSPS) is 18.3. The van der Waals surface area contributed by atoms with Gasteiger partial charge in [0.1, 0.15) is 11.5 Å². The van der Waals surface area contributed by atoms with Crippen molar-refractivity contribution in [2.45, 2.75) is 26.0 Å². The Kier molecular flexibility index (Phi) is 5.78. The molecule has 138 valence electrons. The highest BCUT2D eigenvalue weighted by Gasteiger charge is 2.32. The number of carbonyl (C=O) groups excluding carboxylic acids is 1. The van der Waals surface area contributed by atoms with Crippen LogP contribution in [0.25, 0.3) is 0 Å². The second-order valence-electron chi connectivity index (χ2n) is 6.57. The van der Waals surface area contributed by atoms with E-state index in [1.54, 1.807) is 7.11 Å². The van der Waals surface area contributed by atoms with Crippen LogP contribution in [0.3, 0.4) is 0 Å². The predicted molar refractivity (Wildman–Crippen MR) is 102 cm³/mol. The lowest BCUT2D eigenvalue weighted by Gasteiger charge is -2.38. The predicted octanol–water partition coefficient (Wildman–Crippen LogP) is 2.94. The third kappa shape index (κ3) is 3.99. The van der Waals surface area contributed by atoms with Gasteiger partial charge in [-0.3, -0.25) is 4.79 Å². The summed E-state index contributed by atoms with van der Waals surface area (Å²) < 4.78 is 11.4. The molecule has 1 amide bonds. The van der Waals surface area contributed by atoms with Crippen LogP contribution in [0.4, 0.5) is 0 Å². The van der Waals surface area contributed by atoms with Gasteiger partial charge in [-0.05, 0) is 37.6 Å². The van der Waals surface area contributed by atoms with Gasteiger partial charge >= 0.3 is 0 Å². The molecular weight excluding hydrogens is 328 g/mol. The number of methoxy groups -OCH3 is 1. The zero-order valence-corrected chi connectivity index (χ0v) is 15.6. The molecule has 0 spiro atoms. The summed E-state index contributed by atoms with van der Waals surface area (Å²) in [5.74, 6) is 1.50. The largest absolute Gasteiger partial charge is 0.496 e. The summed E-state index contributed by atoms with van der Waals surface area (Å²) in [7, 11) is 1.66. The molecule has 3 rings (SSSR count). The molecule has 2 aromatic rings. The topological polar surface area (TPSA) is 50.8 Å². The van der Waals surface area contributed by atoms with Crippen molar-refractivity contribution in [3.8, 4) is 11.5 Å². The molecule has 1 heterocycles. The van der Waals surface area contributed by atoms with Crippen molar-refractivity contribution in [2.24, 2.45) is 0 Å². The second-order valence-corrected chi connectivity index (χ2v) is 6.57. The molecule has 0 saturated carbocycles. The zero-order chi connectivity index (χ0) is 18.5. The first kappa shape index (κ1) is 18.3. The molecule has 2 aromatic carbocycles. The number of piperazine rings is 1. The van der Waals surface area contributed by atoms with Crippen LogP contribution in [-0.2, 0) is 4.79 Å². The van der Waals surface area contributed by atoms with Crippen LogP contribution in [-0.4, -0.2) is 43.7 Å². The SMILES string of the molecule is COc1ccccc1C1CNCCN1C(=O)C(C)Oc1cccc(C)c1. The first-order chi connectivity index (χ1) is 12.6. The van der Waals surface area contributed by atoms with Crippen LogP contribution >= 0.6 is 0 Å². The van der Waals surface area contributed by atoms with E-state index in [2.05, 4.69) is 5.32 Å². The zero-order valence-electron chi connectivity index (χ0n) is 15.6. The van der Waals surface area contributed by atoms with E-state index in [-0.39, 0.29) is 11.9 Å². The van der Waals surface area contributed by atoms with Crippen LogP contribution in [0.1, 0.15) is 24.1 Å². The van der Waals surface area contributed by atoms with Crippen molar-refractivity contribution in [3.05, 3.63) is 59.7 Å². The van der Waals surface area contributed by atoms with Crippen LogP contribution in [0.15, 0.2) is 48.5 Å². The van der Waals surface area contributed by atoms with Gasteiger partial charge in [0, 0.05) is 25.2 Å². The van der Waals surface area contributed by atoms with Gasteiger partial charge in [-0.25, -0.2) is 0 Å². The summed E-state index contributed by atoms with van der Waals surface area (Å²) in [6.07, 6.45) is -0.549.